The number of benzene rings is 3. The van der Waals surface area contributed by atoms with Crippen molar-refractivity contribution < 1.29 is 14.2 Å². The normalized spacial score (nSPS) is 12.4. The summed E-state index contributed by atoms with van der Waals surface area (Å²) in [7, 11) is 3.22. The molecule has 33 heavy (non-hydrogen) atoms. The van der Waals surface area contributed by atoms with Gasteiger partial charge in [0.2, 0.25) is 0 Å². The van der Waals surface area contributed by atoms with Crippen molar-refractivity contribution in [2.24, 2.45) is 5.73 Å². The average molecular weight is 443 g/mol. The molecular weight excluding hydrogens is 412 g/mol. The highest BCUT2D eigenvalue weighted by Crippen LogP contribution is 2.37. The van der Waals surface area contributed by atoms with Gasteiger partial charge in [0.05, 0.1) is 25.8 Å². The third kappa shape index (κ3) is 4.78. The number of ether oxygens (including phenoxy) is 3. The summed E-state index contributed by atoms with van der Waals surface area (Å²) in [5, 5.41) is 0.842. The van der Waals surface area contributed by atoms with E-state index in [9.17, 15) is 0 Å². The van der Waals surface area contributed by atoms with Gasteiger partial charge in [0, 0.05) is 17.6 Å². The second-order valence-corrected chi connectivity index (χ2v) is 9.05. The number of hydrogen-bond acceptors (Lipinski definition) is 5. The zero-order chi connectivity index (χ0) is 23.6. The molecule has 4 rings (SSSR count). The van der Waals surface area contributed by atoms with Gasteiger partial charge in [-0.25, -0.2) is 0 Å². The van der Waals surface area contributed by atoms with E-state index in [4.69, 9.17) is 19.9 Å². The number of aromatic nitrogens is 1. The van der Waals surface area contributed by atoms with Gasteiger partial charge in [-0.15, -0.1) is 0 Å². The summed E-state index contributed by atoms with van der Waals surface area (Å²) in [5.41, 5.74) is 10.8. The first-order valence-corrected chi connectivity index (χ1v) is 10.9. The van der Waals surface area contributed by atoms with Crippen molar-refractivity contribution in [3.8, 4) is 23.0 Å². The third-order valence-electron chi connectivity index (χ3n) is 5.81. The predicted molar refractivity (Wildman–Crippen MR) is 133 cm³/mol. The van der Waals surface area contributed by atoms with Gasteiger partial charge in [0.1, 0.15) is 11.5 Å². The molecule has 0 aliphatic heterocycles. The molecule has 1 atom stereocenters. The number of fused-ring (bicyclic) bond motifs is 1. The number of pyridine rings is 1. The monoisotopic (exact) mass is 442 g/mol. The van der Waals surface area contributed by atoms with Crippen LogP contribution in [0.2, 0.25) is 0 Å². The summed E-state index contributed by atoms with van der Waals surface area (Å²) < 4.78 is 17.0. The summed E-state index contributed by atoms with van der Waals surface area (Å²) in [6.45, 7) is 6.62. The van der Waals surface area contributed by atoms with Crippen molar-refractivity contribution in [3.05, 3.63) is 89.6 Å². The van der Waals surface area contributed by atoms with E-state index in [1.807, 2.05) is 42.5 Å². The van der Waals surface area contributed by atoms with Crippen molar-refractivity contribution >= 4 is 10.9 Å². The Morgan fingerprint density at radius 3 is 1.91 bits per heavy atom. The lowest BCUT2D eigenvalue weighted by atomic mass is 9.86. The summed E-state index contributed by atoms with van der Waals surface area (Å²) in [4.78, 5) is 4.43. The Kier molecular flexibility index (Phi) is 6.25. The lowest BCUT2D eigenvalue weighted by molar-refractivity contribution is 0.355. The summed E-state index contributed by atoms with van der Waals surface area (Å²) in [6.07, 6.45) is 1.72. The molecule has 0 saturated carbocycles. The Hall–Kier alpha value is -3.57. The van der Waals surface area contributed by atoms with Crippen LogP contribution in [0, 0.1) is 0 Å². The maximum atomic E-state index is 6.54. The molecule has 170 valence electrons. The molecule has 0 saturated heterocycles. The summed E-state index contributed by atoms with van der Waals surface area (Å²) in [6, 6.07) is 21.8. The fourth-order valence-electron chi connectivity index (χ4n) is 3.79. The predicted octanol–water partition coefficient (Wildman–Crippen LogP) is 6.39. The van der Waals surface area contributed by atoms with Crippen LogP contribution >= 0.6 is 0 Å². The van der Waals surface area contributed by atoms with Gasteiger partial charge in [-0.05, 0) is 46.4 Å². The number of rotatable bonds is 6. The molecule has 4 aromatic rings. The molecule has 5 heteroatoms. The fraction of sp³-hybridized carbons (Fsp3) is 0.250. The van der Waals surface area contributed by atoms with Crippen LogP contribution in [0.15, 0.2) is 72.9 Å². The van der Waals surface area contributed by atoms with Crippen molar-refractivity contribution in [2.75, 3.05) is 14.2 Å². The second kappa shape index (κ2) is 9.12. The standard InChI is InChI=1S/C28H30N2O3/c1-28(2,3)20-10-6-18(7-11-20)27(29)19-8-12-21(13-9-19)33-24-14-15-30-23-17-26(32-5)25(31-4)16-22(23)24/h6-17,27H,29H2,1-5H3. The van der Waals surface area contributed by atoms with Crippen molar-refractivity contribution in [2.45, 2.75) is 32.2 Å². The van der Waals surface area contributed by atoms with Crippen molar-refractivity contribution in [1.82, 2.24) is 4.98 Å². The topological polar surface area (TPSA) is 66.6 Å². The lowest BCUT2D eigenvalue weighted by Crippen LogP contribution is -2.14. The molecule has 1 heterocycles. The van der Waals surface area contributed by atoms with Crippen LogP contribution in [0.1, 0.15) is 43.5 Å². The molecular formula is C28H30N2O3. The largest absolute Gasteiger partial charge is 0.493 e. The molecule has 5 nitrogen and oxygen atoms in total. The molecule has 0 spiro atoms. The van der Waals surface area contributed by atoms with E-state index in [0.29, 0.717) is 17.2 Å². The summed E-state index contributed by atoms with van der Waals surface area (Å²) in [5.74, 6) is 2.66. The second-order valence-electron chi connectivity index (χ2n) is 9.05. The number of nitrogens with two attached hydrogens (primary N) is 1. The average Bonchev–Trinajstić information content (AvgIpc) is 2.83. The van der Waals surface area contributed by atoms with E-state index >= 15 is 0 Å². The van der Waals surface area contributed by atoms with Gasteiger partial charge >= 0.3 is 0 Å². The molecule has 0 amide bonds. The first kappa shape index (κ1) is 22.6. The molecule has 0 fully saturated rings. The minimum Gasteiger partial charge on any atom is -0.493 e. The van der Waals surface area contributed by atoms with E-state index < -0.39 is 0 Å². The van der Waals surface area contributed by atoms with E-state index in [-0.39, 0.29) is 11.5 Å². The maximum Gasteiger partial charge on any atom is 0.162 e. The molecule has 1 aromatic heterocycles. The Balaban J connectivity index is 1.56. The number of methoxy groups -OCH3 is 2. The number of hydrogen-bond donors (Lipinski definition) is 1. The van der Waals surface area contributed by atoms with Crippen molar-refractivity contribution in [1.29, 1.82) is 0 Å². The molecule has 0 radical (unpaired) electrons. The first-order chi connectivity index (χ1) is 15.8. The van der Waals surface area contributed by atoms with Crippen LogP contribution in [0.4, 0.5) is 0 Å². The molecule has 3 aromatic carbocycles. The maximum absolute atomic E-state index is 6.54. The van der Waals surface area contributed by atoms with Gasteiger partial charge in [-0.3, -0.25) is 4.98 Å². The van der Waals surface area contributed by atoms with Gasteiger partial charge < -0.3 is 19.9 Å². The van der Waals surface area contributed by atoms with Crippen LogP contribution in [0.5, 0.6) is 23.0 Å². The van der Waals surface area contributed by atoms with Crippen LogP contribution in [0.3, 0.4) is 0 Å². The summed E-state index contributed by atoms with van der Waals surface area (Å²) >= 11 is 0. The van der Waals surface area contributed by atoms with E-state index in [2.05, 4.69) is 50.0 Å². The van der Waals surface area contributed by atoms with E-state index in [1.54, 1.807) is 20.4 Å². The van der Waals surface area contributed by atoms with Crippen LogP contribution < -0.4 is 19.9 Å². The SMILES string of the molecule is COc1cc2nccc(Oc3ccc(C(N)c4ccc(C(C)(C)C)cc4)cc3)c2cc1OC. The molecule has 0 aliphatic rings. The highest BCUT2D eigenvalue weighted by molar-refractivity contribution is 5.88. The zero-order valence-corrected chi connectivity index (χ0v) is 19.8. The fourth-order valence-corrected chi connectivity index (χ4v) is 3.79. The molecule has 0 bridgehead atoms. The molecule has 0 aliphatic carbocycles. The smallest absolute Gasteiger partial charge is 0.162 e. The van der Waals surface area contributed by atoms with Gasteiger partial charge in [0.15, 0.2) is 11.5 Å². The Morgan fingerprint density at radius 1 is 0.758 bits per heavy atom. The minimum atomic E-state index is -0.202. The zero-order valence-electron chi connectivity index (χ0n) is 19.8. The minimum absolute atomic E-state index is 0.119. The van der Waals surface area contributed by atoms with Crippen LogP contribution in [-0.2, 0) is 5.41 Å². The highest BCUT2D eigenvalue weighted by atomic mass is 16.5. The Labute approximate surface area is 195 Å². The lowest BCUT2D eigenvalue weighted by Gasteiger charge is -2.20. The van der Waals surface area contributed by atoms with Crippen LogP contribution in [0.25, 0.3) is 10.9 Å². The first-order valence-electron chi connectivity index (χ1n) is 10.9. The highest BCUT2D eigenvalue weighted by Gasteiger charge is 2.15. The van der Waals surface area contributed by atoms with Gasteiger partial charge in [0.25, 0.3) is 0 Å². The molecule has 1 unspecified atom stereocenters. The Morgan fingerprint density at radius 2 is 1.33 bits per heavy atom. The number of nitrogens with zero attached hydrogens (tertiary/aromatic N) is 1. The van der Waals surface area contributed by atoms with Crippen LogP contribution in [-0.4, -0.2) is 19.2 Å². The van der Waals surface area contributed by atoms with E-state index in [1.165, 1.54) is 5.56 Å². The third-order valence-corrected chi connectivity index (χ3v) is 5.81. The van der Waals surface area contributed by atoms with Gasteiger partial charge in [-0.2, -0.15) is 0 Å². The Bertz CT molecular complexity index is 1240. The van der Waals surface area contributed by atoms with Crippen molar-refractivity contribution in [3.63, 3.8) is 0 Å². The van der Waals surface area contributed by atoms with E-state index in [0.717, 1.165) is 27.8 Å². The van der Waals surface area contributed by atoms with Gasteiger partial charge in [-0.1, -0.05) is 57.2 Å². The quantitative estimate of drug-likeness (QED) is 0.375. The molecule has 2 N–H and O–H groups in total.